The van der Waals surface area contributed by atoms with Crippen LogP contribution in [0, 0.1) is 0 Å². The zero-order chi connectivity index (χ0) is 12.9. The first kappa shape index (κ1) is 15.6. The highest BCUT2D eigenvalue weighted by atomic mass is 19.1. The highest BCUT2D eigenvalue weighted by Crippen LogP contribution is 1.98. The van der Waals surface area contributed by atoms with Crippen LogP contribution in [-0.2, 0) is 0 Å². The van der Waals surface area contributed by atoms with Crippen LogP contribution < -0.4 is 16.2 Å². The van der Waals surface area contributed by atoms with Gasteiger partial charge in [-0.15, -0.1) is 0 Å². The third kappa shape index (κ3) is 10.8. The van der Waals surface area contributed by atoms with Gasteiger partial charge in [0.05, 0.1) is 0 Å². The molecule has 0 aromatic rings. The molecule has 0 aliphatic rings. The molecule has 0 rings (SSSR count). The van der Waals surface area contributed by atoms with E-state index in [9.17, 15) is 9.50 Å². The molecule has 1 unspecified atom stereocenters. The van der Waals surface area contributed by atoms with E-state index in [-0.39, 0.29) is 5.83 Å². The van der Waals surface area contributed by atoms with E-state index >= 15 is 0 Å². The monoisotopic (exact) mass is 241 g/mol. The number of hydrogen-bond acceptors (Lipinski definition) is 4. The molecule has 4 nitrogen and oxygen atoms in total. The Morgan fingerprint density at radius 1 is 1.53 bits per heavy atom. The minimum absolute atomic E-state index is 0.335. The van der Waals surface area contributed by atoms with Crippen LogP contribution in [0.5, 0.6) is 0 Å². The van der Waals surface area contributed by atoms with Crippen molar-refractivity contribution in [3.63, 3.8) is 0 Å². The average molecular weight is 241 g/mol. The highest BCUT2D eigenvalue weighted by Gasteiger charge is 1.94. The third-order valence-corrected chi connectivity index (χ3v) is 1.72. The largest absolute Gasteiger partial charge is 0.375 e. The zero-order valence-electron chi connectivity index (χ0n) is 9.99. The lowest BCUT2D eigenvalue weighted by atomic mass is 10.3. The van der Waals surface area contributed by atoms with E-state index in [0.717, 1.165) is 0 Å². The molecular weight excluding hydrogens is 221 g/mol. The van der Waals surface area contributed by atoms with Gasteiger partial charge in [0.15, 0.2) is 0 Å². The van der Waals surface area contributed by atoms with Crippen molar-refractivity contribution in [2.24, 2.45) is 0 Å². The van der Waals surface area contributed by atoms with E-state index in [4.69, 9.17) is 0 Å². The second-order valence-electron chi connectivity index (χ2n) is 3.13. The summed E-state index contributed by atoms with van der Waals surface area (Å²) in [5.74, 6) is -0.335. The molecule has 0 aromatic heterocycles. The van der Waals surface area contributed by atoms with E-state index in [1.807, 2.05) is 0 Å². The third-order valence-electron chi connectivity index (χ3n) is 1.72. The molecule has 0 aliphatic heterocycles. The number of hydrazine groups is 1. The Morgan fingerprint density at radius 2 is 2.29 bits per heavy atom. The van der Waals surface area contributed by atoms with Crippen LogP contribution in [0.15, 0.2) is 49.0 Å². The first-order valence-corrected chi connectivity index (χ1v) is 5.36. The molecular formula is C12H20FN3O. The Kier molecular flexibility index (Phi) is 10.1. The van der Waals surface area contributed by atoms with Crippen LogP contribution in [0.4, 0.5) is 4.39 Å². The van der Waals surface area contributed by atoms with Gasteiger partial charge in [-0.3, -0.25) is 5.32 Å². The topological polar surface area (TPSA) is 56.3 Å². The molecule has 0 heterocycles. The highest BCUT2D eigenvalue weighted by molar-refractivity contribution is 5.15. The molecule has 5 heteroatoms. The van der Waals surface area contributed by atoms with Gasteiger partial charge in [0.1, 0.15) is 12.1 Å². The summed E-state index contributed by atoms with van der Waals surface area (Å²) >= 11 is 0. The Labute approximate surface area is 102 Å². The van der Waals surface area contributed by atoms with Crippen molar-refractivity contribution in [1.82, 2.24) is 16.2 Å². The van der Waals surface area contributed by atoms with Crippen LogP contribution in [0.1, 0.15) is 6.42 Å². The Hall–Kier alpha value is -1.43. The van der Waals surface area contributed by atoms with Crippen molar-refractivity contribution >= 4 is 0 Å². The Bertz CT molecular complexity index is 287. The normalized spacial score (nSPS) is 14.4. The number of hydrogen-bond donors (Lipinski definition) is 4. The van der Waals surface area contributed by atoms with Gasteiger partial charge in [-0.25, -0.2) is 9.82 Å². The first-order valence-electron chi connectivity index (χ1n) is 5.36. The Morgan fingerprint density at radius 3 is 2.94 bits per heavy atom. The van der Waals surface area contributed by atoms with Crippen molar-refractivity contribution < 1.29 is 9.50 Å². The van der Waals surface area contributed by atoms with Crippen LogP contribution in [0.2, 0.25) is 0 Å². The van der Waals surface area contributed by atoms with Gasteiger partial charge in [-0.2, -0.15) is 0 Å². The van der Waals surface area contributed by atoms with Gasteiger partial charge in [0.25, 0.3) is 0 Å². The van der Waals surface area contributed by atoms with Crippen molar-refractivity contribution in [3.05, 3.63) is 49.0 Å². The lowest BCUT2D eigenvalue weighted by Crippen LogP contribution is -2.29. The molecule has 0 aromatic carbocycles. The van der Waals surface area contributed by atoms with E-state index in [2.05, 4.69) is 22.7 Å². The van der Waals surface area contributed by atoms with E-state index in [1.54, 1.807) is 25.4 Å². The fraction of sp³-hybridized carbons (Fsp3) is 0.333. The van der Waals surface area contributed by atoms with E-state index in [1.165, 1.54) is 18.2 Å². The number of aliphatic hydroxyl groups is 1. The van der Waals surface area contributed by atoms with Crippen molar-refractivity contribution in [1.29, 1.82) is 0 Å². The second kappa shape index (κ2) is 11.1. The van der Waals surface area contributed by atoms with Crippen LogP contribution >= 0.6 is 0 Å². The smallest absolute Gasteiger partial charge is 0.125 e. The molecule has 0 spiro atoms. The molecule has 96 valence electrons. The van der Waals surface area contributed by atoms with Crippen LogP contribution in [0.3, 0.4) is 0 Å². The lowest BCUT2D eigenvalue weighted by Gasteiger charge is -2.06. The summed E-state index contributed by atoms with van der Waals surface area (Å²) in [6.07, 6.45) is 8.77. The average Bonchev–Trinajstić information content (AvgIpc) is 2.29. The van der Waals surface area contributed by atoms with Crippen LogP contribution in [0.25, 0.3) is 0 Å². The molecule has 4 N–H and O–H groups in total. The summed E-state index contributed by atoms with van der Waals surface area (Å²) in [6.45, 7) is 3.95. The molecule has 0 amide bonds. The number of halogens is 1. The summed E-state index contributed by atoms with van der Waals surface area (Å²) in [5, 5.41) is 12.2. The maximum absolute atomic E-state index is 12.8. The molecule has 0 bridgehead atoms. The van der Waals surface area contributed by atoms with Gasteiger partial charge in [0.2, 0.25) is 0 Å². The fourth-order valence-corrected chi connectivity index (χ4v) is 0.969. The predicted molar refractivity (Wildman–Crippen MR) is 68.5 cm³/mol. The summed E-state index contributed by atoms with van der Waals surface area (Å²) in [4.78, 5) is 0. The number of nitrogens with one attached hydrogen (secondary N) is 3. The predicted octanol–water partition coefficient (Wildman–Crippen LogP) is 1.12. The minimum atomic E-state index is -0.724. The zero-order valence-corrected chi connectivity index (χ0v) is 9.99. The van der Waals surface area contributed by atoms with E-state index < -0.39 is 6.23 Å². The maximum atomic E-state index is 12.8. The van der Waals surface area contributed by atoms with Gasteiger partial charge in [-0.1, -0.05) is 18.7 Å². The molecule has 1 atom stereocenters. The number of allylic oxidation sites excluding steroid dienone is 4. The summed E-state index contributed by atoms with van der Waals surface area (Å²) in [5.41, 5.74) is 5.38. The molecule has 0 saturated heterocycles. The molecule has 0 fully saturated rings. The molecule has 0 radical (unpaired) electrons. The lowest BCUT2D eigenvalue weighted by molar-refractivity contribution is 0.185. The first-order chi connectivity index (χ1) is 8.20. The van der Waals surface area contributed by atoms with Crippen LogP contribution in [-0.4, -0.2) is 24.9 Å². The summed E-state index contributed by atoms with van der Waals surface area (Å²) in [7, 11) is 1.72. The molecule has 0 aliphatic carbocycles. The van der Waals surface area contributed by atoms with Gasteiger partial charge in [0, 0.05) is 19.8 Å². The van der Waals surface area contributed by atoms with Gasteiger partial charge >= 0.3 is 0 Å². The van der Waals surface area contributed by atoms with Crippen molar-refractivity contribution in [2.45, 2.75) is 12.6 Å². The van der Waals surface area contributed by atoms with Crippen molar-refractivity contribution in [2.75, 3.05) is 13.6 Å². The number of aliphatic hydroxyl groups excluding tert-OH is 1. The van der Waals surface area contributed by atoms with Crippen molar-refractivity contribution in [3.8, 4) is 0 Å². The summed E-state index contributed by atoms with van der Waals surface area (Å²) in [6, 6.07) is 0. The summed E-state index contributed by atoms with van der Waals surface area (Å²) < 4.78 is 12.8. The SMILES string of the molecule is C=C/C=C(F)\C=C/CCNC(O)/C=C/NNC. The maximum Gasteiger partial charge on any atom is 0.125 e. The van der Waals surface area contributed by atoms with Gasteiger partial charge in [-0.05, 0) is 24.6 Å². The van der Waals surface area contributed by atoms with E-state index in [0.29, 0.717) is 13.0 Å². The fourth-order valence-electron chi connectivity index (χ4n) is 0.969. The second-order valence-corrected chi connectivity index (χ2v) is 3.13. The Balaban J connectivity index is 3.63. The quantitative estimate of drug-likeness (QED) is 0.211. The number of rotatable bonds is 9. The molecule has 17 heavy (non-hydrogen) atoms. The molecule has 0 saturated carbocycles. The minimum Gasteiger partial charge on any atom is -0.375 e. The van der Waals surface area contributed by atoms with Gasteiger partial charge < -0.3 is 10.5 Å². The standard InChI is InChI=1S/C12H20FN3O/c1-3-6-11(13)7-4-5-9-15-12(17)8-10-16-14-2/h3-4,6-8,10,12,14-17H,1,5,9H2,2H3/b7-4-,10-8+,11-6+.